The van der Waals surface area contributed by atoms with Crippen molar-refractivity contribution in [3.05, 3.63) is 23.8 Å². The Hall–Kier alpha value is -0.520. The molecule has 0 aliphatic heterocycles. The highest BCUT2D eigenvalue weighted by Gasteiger charge is 1.75. The lowest BCUT2D eigenvalue weighted by atomic mass is 10.2. The van der Waals surface area contributed by atoms with Crippen molar-refractivity contribution in [2.75, 3.05) is 0 Å². The third-order valence-electron chi connectivity index (χ3n) is 1.21. The fourth-order valence-electron chi connectivity index (χ4n) is 0.593. The normalized spacial score (nSPS) is 10.3. The van der Waals surface area contributed by atoms with Gasteiger partial charge in [0, 0.05) is 0 Å². The van der Waals surface area contributed by atoms with Gasteiger partial charge in [0.15, 0.2) is 0 Å². The fraction of sp³-hybridized carbons (Fsp3) is 0.600. The van der Waals surface area contributed by atoms with E-state index in [0.717, 1.165) is 12.8 Å². The highest BCUT2D eigenvalue weighted by atomic mass is 13.8. The minimum atomic E-state index is 0.975. The van der Waals surface area contributed by atoms with Crippen LogP contribution in [0.25, 0.3) is 0 Å². The quantitative estimate of drug-likeness (QED) is 0.520. The van der Waals surface area contributed by atoms with Gasteiger partial charge in [0.2, 0.25) is 0 Å². The zero-order valence-corrected chi connectivity index (χ0v) is 7.28. The molecule has 0 saturated heterocycles. The molecule has 0 spiro atoms. The maximum Gasteiger partial charge on any atom is -0.00954 e. The van der Waals surface area contributed by atoms with Gasteiger partial charge in [0.05, 0.1) is 0 Å². The third kappa shape index (κ3) is 7.48. The number of hydrogen-bond donors (Lipinski definition) is 0. The van der Waals surface area contributed by atoms with Crippen molar-refractivity contribution >= 4 is 0 Å². The molecule has 0 heteroatoms. The Bertz CT molecular complexity index is 114. The van der Waals surface area contributed by atoms with Crippen molar-refractivity contribution in [1.29, 1.82) is 0 Å². The summed E-state index contributed by atoms with van der Waals surface area (Å²) in [4.78, 5) is 0. The molecule has 0 aromatic heterocycles. The first-order chi connectivity index (χ1) is 4.77. The van der Waals surface area contributed by atoms with Crippen LogP contribution in [0.1, 0.15) is 40.0 Å². The maximum absolute atomic E-state index is 3.22. The Morgan fingerprint density at radius 2 is 2.10 bits per heavy atom. The summed E-state index contributed by atoms with van der Waals surface area (Å²) < 4.78 is 0. The van der Waals surface area contributed by atoms with E-state index in [9.17, 15) is 0 Å². The standard InChI is InChI=1S/C10H17/c1-4-5-6-7-8-9-10(2)3/h6,9H,4-5,8H2,1-3H3. The van der Waals surface area contributed by atoms with Crippen LogP contribution in [0.5, 0.6) is 0 Å². The summed E-state index contributed by atoms with van der Waals surface area (Å²) in [6.45, 7) is 6.40. The summed E-state index contributed by atoms with van der Waals surface area (Å²) in [5.74, 6) is 0. The van der Waals surface area contributed by atoms with E-state index in [1.807, 2.05) is 0 Å². The van der Waals surface area contributed by atoms with Gasteiger partial charge >= 0.3 is 0 Å². The molecule has 1 radical (unpaired) electrons. The molecule has 0 rings (SSSR count). The van der Waals surface area contributed by atoms with E-state index < -0.39 is 0 Å². The van der Waals surface area contributed by atoms with Crippen LogP contribution in [0.3, 0.4) is 0 Å². The second-order valence-corrected chi connectivity index (χ2v) is 2.68. The van der Waals surface area contributed by atoms with Crippen LogP contribution in [-0.4, -0.2) is 0 Å². The Balaban J connectivity index is 3.27. The zero-order valence-electron chi connectivity index (χ0n) is 7.28. The van der Waals surface area contributed by atoms with E-state index in [1.165, 1.54) is 12.0 Å². The lowest BCUT2D eigenvalue weighted by Gasteiger charge is -1.85. The van der Waals surface area contributed by atoms with Gasteiger partial charge < -0.3 is 0 Å². The molecule has 0 saturated carbocycles. The smallest absolute Gasteiger partial charge is 0.00954 e. The van der Waals surface area contributed by atoms with Crippen LogP contribution >= 0.6 is 0 Å². The van der Waals surface area contributed by atoms with Crippen molar-refractivity contribution in [3.8, 4) is 0 Å². The second kappa shape index (κ2) is 6.60. The van der Waals surface area contributed by atoms with E-state index in [0.29, 0.717) is 0 Å². The Labute approximate surface area is 64.6 Å². The average molecular weight is 137 g/mol. The first-order valence-electron chi connectivity index (χ1n) is 3.95. The molecular formula is C10H17. The Morgan fingerprint density at radius 3 is 2.60 bits per heavy atom. The third-order valence-corrected chi connectivity index (χ3v) is 1.21. The Kier molecular flexibility index (Phi) is 6.25. The molecule has 10 heavy (non-hydrogen) atoms. The minimum Gasteiger partial charge on any atom is -0.0815 e. The van der Waals surface area contributed by atoms with Crippen molar-refractivity contribution in [2.45, 2.75) is 40.0 Å². The van der Waals surface area contributed by atoms with Gasteiger partial charge in [0.25, 0.3) is 0 Å². The van der Waals surface area contributed by atoms with Gasteiger partial charge in [-0.2, -0.15) is 0 Å². The van der Waals surface area contributed by atoms with Crippen LogP contribution < -0.4 is 0 Å². The molecule has 0 unspecified atom stereocenters. The lowest BCUT2D eigenvalue weighted by molar-refractivity contribution is 0.950. The highest BCUT2D eigenvalue weighted by molar-refractivity contribution is 4.95. The molecule has 0 aromatic rings. The average Bonchev–Trinajstić information content (AvgIpc) is 1.87. The van der Waals surface area contributed by atoms with Crippen LogP contribution in [-0.2, 0) is 0 Å². The van der Waals surface area contributed by atoms with E-state index in [4.69, 9.17) is 0 Å². The van der Waals surface area contributed by atoms with Crippen LogP contribution in [0.2, 0.25) is 0 Å². The SMILES string of the molecule is CCC/C=[C]/CC=C(C)C. The van der Waals surface area contributed by atoms with Gasteiger partial charge in [-0.15, -0.1) is 0 Å². The van der Waals surface area contributed by atoms with Crippen LogP contribution in [0, 0.1) is 6.08 Å². The molecule has 0 amide bonds. The van der Waals surface area contributed by atoms with Crippen molar-refractivity contribution in [1.82, 2.24) is 0 Å². The van der Waals surface area contributed by atoms with Gasteiger partial charge in [0.1, 0.15) is 0 Å². The number of rotatable bonds is 4. The summed E-state index contributed by atoms with van der Waals surface area (Å²) in [6, 6.07) is 0. The maximum atomic E-state index is 3.22. The minimum absolute atomic E-state index is 0.975. The van der Waals surface area contributed by atoms with Gasteiger partial charge in [-0.1, -0.05) is 31.1 Å². The number of unbranched alkanes of at least 4 members (excludes halogenated alkanes) is 1. The summed E-state index contributed by atoms with van der Waals surface area (Å²) in [7, 11) is 0. The predicted molar refractivity (Wildman–Crippen MR) is 46.8 cm³/mol. The molecule has 57 valence electrons. The van der Waals surface area contributed by atoms with E-state index >= 15 is 0 Å². The molecule has 0 heterocycles. The molecule has 0 bridgehead atoms. The zero-order chi connectivity index (χ0) is 7.82. The van der Waals surface area contributed by atoms with Crippen molar-refractivity contribution in [3.63, 3.8) is 0 Å². The number of hydrogen-bond acceptors (Lipinski definition) is 0. The molecule has 0 N–H and O–H groups in total. The Morgan fingerprint density at radius 1 is 1.40 bits per heavy atom. The summed E-state index contributed by atoms with van der Waals surface area (Å²) in [5.41, 5.74) is 1.37. The predicted octanol–water partition coefficient (Wildman–Crippen LogP) is 3.50. The monoisotopic (exact) mass is 137 g/mol. The van der Waals surface area contributed by atoms with Crippen molar-refractivity contribution in [2.24, 2.45) is 0 Å². The fourth-order valence-corrected chi connectivity index (χ4v) is 0.593. The molecular weight excluding hydrogens is 120 g/mol. The molecule has 0 aliphatic carbocycles. The summed E-state index contributed by atoms with van der Waals surface area (Å²) in [6.07, 6.45) is 10.9. The van der Waals surface area contributed by atoms with E-state index in [2.05, 4.69) is 39.0 Å². The molecule has 0 atom stereocenters. The topological polar surface area (TPSA) is 0 Å². The van der Waals surface area contributed by atoms with Gasteiger partial charge in [-0.25, -0.2) is 0 Å². The number of allylic oxidation sites excluding steroid dienone is 4. The summed E-state index contributed by atoms with van der Waals surface area (Å²) >= 11 is 0. The van der Waals surface area contributed by atoms with E-state index in [-0.39, 0.29) is 0 Å². The highest BCUT2D eigenvalue weighted by Crippen LogP contribution is 1.94. The molecule has 0 aliphatic rings. The van der Waals surface area contributed by atoms with Crippen LogP contribution in [0.4, 0.5) is 0 Å². The summed E-state index contributed by atoms with van der Waals surface area (Å²) in [5, 5.41) is 0. The van der Waals surface area contributed by atoms with E-state index in [1.54, 1.807) is 0 Å². The van der Waals surface area contributed by atoms with Crippen molar-refractivity contribution < 1.29 is 0 Å². The second-order valence-electron chi connectivity index (χ2n) is 2.68. The molecule has 0 nitrogen and oxygen atoms in total. The van der Waals surface area contributed by atoms with Gasteiger partial charge in [-0.3, -0.25) is 0 Å². The first-order valence-corrected chi connectivity index (χ1v) is 3.95. The molecule has 0 aromatic carbocycles. The van der Waals surface area contributed by atoms with Crippen LogP contribution in [0.15, 0.2) is 17.7 Å². The largest absolute Gasteiger partial charge is 0.0815 e. The lowest BCUT2D eigenvalue weighted by Crippen LogP contribution is -1.66. The van der Waals surface area contributed by atoms with Gasteiger partial charge in [-0.05, 0) is 32.8 Å². The molecule has 0 fully saturated rings. The first kappa shape index (κ1) is 9.48.